The van der Waals surface area contributed by atoms with Crippen LogP contribution < -0.4 is 24.3 Å². The summed E-state index contributed by atoms with van der Waals surface area (Å²) < 4.78 is 22.7. The number of hydrogen-bond donors (Lipinski definition) is 1. The van der Waals surface area contributed by atoms with Crippen molar-refractivity contribution in [1.82, 2.24) is 0 Å². The summed E-state index contributed by atoms with van der Waals surface area (Å²) in [7, 11) is 3.11. The summed E-state index contributed by atoms with van der Waals surface area (Å²) in [6.45, 7) is 5.63. The van der Waals surface area contributed by atoms with Gasteiger partial charge in [-0.1, -0.05) is 29.8 Å². The first kappa shape index (κ1) is 26.5. The van der Waals surface area contributed by atoms with Crippen molar-refractivity contribution in [2.45, 2.75) is 26.4 Å². The number of fused-ring (bicyclic) bond motifs is 1. The van der Waals surface area contributed by atoms with Crippen molar-refractivity contribution < 1.29 is 28.5 Å². The fraction of sp³-hybridized carbons (Fsp3) is 0.226. The number of anilines is 1. The predicted octanol–water partition coefficient (Wildman–Crippen LogP) is 6.11. The lowest BCUT2D eigenvalue weighted by atomic mass is 9.97. The number of allylic oxidation sites excluding steroid dienone is 1. The first-order valence-electron chi connectivity index (χ1n) is 12.2. The second kappa shape index (κ2) is 11.3. The highest BCUT2D eigenvalue weighted by Gasteiger charge is 2.27. The van der Waals surface area contributed by atoms with Gasteiger partial charge < -0.3 is 24.3 Å². The molecule has 3 aromatic rings. The van der Waals surface area contributed by atoms with E-state index >= 15 is 0 Å². The van der Waals surface area contributed by atoms with E-state index in [0.29, 0.717) is 39.8 Å². The van der Waals surface area contributed by atoms with Crippen LogP contribution in [0.3, 0.4) is 0 Å². The predicted molar refractivity (Wildman–Crippen MR) is 148 cm³/mol. The lowest BCUT2D eigenvalue weighted by molar-refractivity contribution is -0.118. The van der Waals surface area contributed by atoms with Gasteiger partial charge in [0.2, 0.25) is 0 Å². The summed E-state index contributed by atoms with van der Waals surface area (Å²) in [5, 5.41) is 2.80. The van der Waals surface area contributed by atoms with Crippen LogP contribution in [0.1, 0.15) is 40.9 Å². The molecule has 0 aliphatic carbocycles. The van der Waals surface area contributed by atoms with Crippen LogP contribution in [0.25, 0.3) is 12.2 Å². The van der Waals surface area contributed by atoms with E-state index in [4.69, 9.17) is 18.9 Å². The number of benzene rings is 3. The maximum Gasteiger partial charge on any atom is 0.262 e. The number of carbonyl (C=O) groups is 2. The van der Waals surface area contributed by atoms with E-state index in [9.17, 15) is 9.59 Å². The molecule has 1 N–H and O–H groups in total. The summed E-state index contributed by atoms with van der Waals surface area (Å²) in [6, 6.07) is 16.2. The summed E-state index contributed by atoms with van der Waals surface area (Å²) in [4.78, 5) is 25.6. The van der Waals surface area contributed by atoms with Crippen LogP contribution in [-0.4, -0.2) is 38.1 Å². The fourth-order valence-corrected chi connectivity index (χ4v) is 3.95. The molecule has 0 atom stereocenters. The Kier molecular flexibility index (Phi) is 7.86. The molecule has 1 aliphatic rings. The Morgan fingerprint density at radius 2 is 1.66 bits per heavy atom. The number of nitrogens with one attached hydrogen (secondary N) is 1. The highest BCUT2D eigenvalue weighted by Crippen LogP contribution is 2.40. The van der Waals surface area contributed by atoms with Gasteiger partial charge in [0, 0.05) is 5.69 Å². The van der Waals surface area contributed by atoms with E-state index in [1.165, 1.54) is 13.2 Å². The van der Waals surface area contributed by atoms with E-state index in [-0.39, 0.29) is 18.3 Å². The zero-order chi connectivity index (χ0) is 27.3. The van der Waals surface area contributed by atoms with Crippen molar-refractivity contribution in [2.24, 2.45) is 0 Å². The Bertz CT molecular complexity index is 1400. The molecule has 0 aromatic heterocycles. The highest BCUT2D eigenvalue weighted by atomic mass is 16.5. The van der Waals surface area contributed by atoms with Crippen LogP contribution in [-0.2, 0) is 4.79 Å². The molecule has 0 saturated carbocycles. The molecule has 0 radical (unpaired) electrons. The minimum atomic E-state index is -0.550. The third kappa shape index (κ3) is 6.24. The van der Waals surface area contributed by atoms with Gasteiger partial charge in [0.05, 0.1) is 25.3 Å². The Morgan fingerprint density at radius 1 is 0.947 bits per heavy atom. The smallest absolute Gasteiger partial charge is 0.262 e. The lowest BCUT2D eigenvalue weighted by Gasteiger charge is -2.29. The van der Waals surface area contributed by atoms with Crippen LogP contribution in [0.15, 0.2) is 66.7 Å². The van der Waals surface area contributed by atoms with Crippen molar-refractivity contribution in [3.63, 3.8) is 0 Å². The van der Waals surface area contributed by atoms with Crippen LogP contribution in [0.5, 0.6) is 23.0 Å². The van der Waals surface area contributed by atoms with Crippen LogP contribution >= 0.6 is 0 Å². The van der Waals surface area contributed by atoms with Crippen molar-refractivity contribution in [1.29, 1.82) is 0 Å². The molecule has 7 nitrogen and oxygen atoms in total. The number of ketones is 1. The molecular weight excluding hydrogens is 482 g/mol. The molecule has 3 aromatic carbocycles. The number of hydrogen-bond acceptors (Lipinski definition) is 6. The Hall–Kier alpha value is -4.52. The second-order valence-corrected chi connectivity index (χ2v) is 9.41. The molecule has 0 unspecified atom stereocenters. The van der Waals surface area contributed by atoms with Gasteiger partial charge in [-0.2, -0.15) is 0 Å². The topological polar surface area (TPSA) is 83.1 Å². The van der Waals surface area contributed by atoms with Gasteiger partial charge in [0.25, 0.3) is 5.91 Å². The molecule has 4 rings (SSSR count). The molecule has 1 heterocycles. The van der Waals surface area contributed by atoms with Crippen molar-refractivity contribution in [3.05, 3.63) is 89.0 Å². The van der Waals surface area contributed by atoms with Crippen LogP contribution in [0.2, 0.25) is 0 Å². The third-order valence-corrected chi connectivity index (χ3v) is 5.97. The largest absolute Gasteiger partial charge is 0.496 e. The minimum Gasteiger partial charge on any atom is -0.496 e. The van der Waals surface area contributed by atoms with Gasteiger partial charge >= 0.3 is 0 Å². The van der Waals surface area contributed by atoms with E-state index in [0.717, 1.165) is 11.1 Å². The maximum absolute atomic E-state index is 13.2. The van der Waals surface area contributed by atoms with E-state index in [2.05, 4.69) is 5.32 Å². The number of rotatable bonds is 9. The Morgan fingerprint density at radius 3 is 2.37 bits per heavy atom. The van der Waals surface area contributed by atoms with Gasteiger partial charge in [-0.15, -0.1) is 0 Å². The number of methoxy groups -OCH3 is 2. The SMILES string of the molecule is COc1ccc(/C=C/C(=O)c2ccc(OC)c3c2OC(C)(C)C=C3)cc1OCC(=O)Nc1ccc(C)cc1. The van der Waals surface area contributed by atoms with Crippen molar-refractivity contribution in [3.8, 4) is 23.0 Å². The summed E-state index contributed by atoms with van der Waals surface area (Å²) >= 11 is 0. The average Bonchev–Trinajstić information content (AvgIpc) is 2.90. The first-order chi connectivity index (χ1) is 18.2. The molecule has 1 aliphatic heterocycles. The van der Waals surface area contributed by atoms with Crippen LogP contribution in [0.4, 0.5) is 5.69 Å². The van der Waals surface area contributed by atoms with Gasteiger partial charge in [0.1, 0.15) is 17.1 Å². The monoisotopic (exact) mass is 513 g/mol. The van der Waals surface area contributed by atoms with E-state index in [1.54, 1.807) is 43.5 Å². The first-order valence-corrected chi connectivity index (χ1v) is 12.2. The highest BCUT2D eigenvalue weighted by molar-refractivity contribution is 6.09. The second-order valence-electron chi connectivity index (χ2n) is 9.41. The maximum atomic E-state index is 13.2. The van der Waals surface area contributed by atoms with E-state index < -0.39 is 5.60 Å². The molecule has 0 saturated heterocycles. The summed E-state index contributed by atoms with van der Waals surface area (Å²) in [6.07, 6.45) is 7.01. The standard InChI is InChI=1S/C31H31NO6/c1-20-6-10-22(11-7-20)32-29(34)19-37-28-18-21(9-14-27(28)36-5)8-13-25(33)23-12-15-26(35-4)24-16-17-31(2,3)38-30(23)24/h6-18H,19H2,1-5H3,(H,32,34)/b13-8+. The van der Waals surface area contributed by atoms with Crippen molar-refractivity contribution >= 4 is 29.5 Å². The zero-order valence-electron chi connectivity index (χ0n) is 22.2. The molecular formula is C31H31NO6. The molecule has 0 fully saturated rings. The molecule has 1 amide bonds. The molecule has 7 heteroatoms. The van der Waals surface area contributed by atoms with Gasteiger partial charge in [-0.05, 0) is 81.0 Å². The molecule has 0 bridgehead atoms. The fourth-order valence-electron chi connectivity index (χ4n) is 3.95. The Labute approximate surface area is 222 Å². The zero-order valence-corrected chi connectivity index (χ0v) is 22.2. The minimum absolute atomic E-state index is 0.199. The van der Waals surface area contributed by atoms with Gasteiger partial charge in [-0.3, -0.25) is 9.59 Å². The third-order valence-electron chi connectivity index (χ3n) is 5.97. The molecule has 196 valence electrons. The molecule has 38 heavy (non-hydrogen) atoms. The average molecular weight is 514 g/mol. The number of carbonyl (C=O) groups excluding carboxylic acids is 2. The number of amides is 1. The Balaban J connectivity index is 1.49. The summed E-state index contributed by atoms with van der Waals surface area (Å²) in [5.41, 5.74) is 3.12. The number of aryl methyl sites for hydroxylation is 1. The normalized spacial score (nSPS) is 13.4. The molecule has 0 spiro atoms. The van der Waals surface area contributed by atoms with Crippen LogP contribution in [0, 0.1) is 6.92 Å². The van der Waals surface area contributed by atoms with E-state index in [1.807, 2.05) is 57.2 Å². The van der Waals surface area contributed by atoms with Gasteiger partial charge in [-0.25, -0.2) is 0 Å². The lowest BCUT2D eigenvalue weighted by Crippen LogP contribution is -2.28. The number of ether oxygens (including phenoxy) is 4. The summed E-state index contributed by atoms with van der Waals surface area (Å²) in [5.74, 6) is 1.47. The van der Waals surface area contributed by atoms with Gasteiger partial charge in [0.15, 0.2) is 23.9 Å². The van der Waals surface area contributed by atoms with Crippen molar-refractivity contribution in [2.75, 3.05) is 26.1 Å². The quantitative estimate of drug-likeness (QED) is 0.275.